The van der Waals surface area contributed by atoms with Gasteiger partial charge in [0.25, 0.3) is 0 Å². The molecule has 5 nitrogen and oxygen atoms in total. The maximum atomic E-state index is 11.7. The van der Waals surface area contributed by atoms with Crippen molar-refractivity contribution < 1.29 is 13.2 Å². The molecule has 0 aliphatic carbocycles. The fourth-order valence-corrected chi connectivity index (χ4v) is 3.66. The Morgan fingerprint density at radius 2 is 1.90 bits per heavy atom. The first-order valence-electron chi connectivity index (χ1n) is 6.83. The van der Waals surface area contributed by atoms with E-state index < -0.39 is 9.84 Å². The number of anilines is 1. The van der Waals surface area contributed by atoms with Gasteiger partial charge in [-0.15, -0.1) is 0 Å². The molecule has 1 aromatic rings. The van der Waals surface area contributed by atoms with Crippen molar-refractivity contribution in [2.45, 2.75) is 26.7 Å². The number of carbonyl (C=O) groups excluding carboxylic acids is 1. The van der Waals surface area contributed by atoms with E-state index in [0.29, 0.717) is 17.7 Å². The van der Waals surface area contributed by atoms with E-state index in [4.69, 9.17) is 5.26 Å². The van der Waals surface area contributed by atoms with Crippen LogP contribution in [-0.2, 0) is 14.6 Å². The number of hydrogen-bond acceptors (Lipinski definition) is 4. The summed E-state index contributed by atoms with van der Waals surface area (Å²) in [6.07, 6.45) is 0.481. The van der Waals surface area contributed by atoms with Gasteiger partial charge in [0.15, 0.2) is 9.84 Å². The molecule has 0 aliphatic heterocycles. The number of hydrogen-bond donors (Lipinski definition) is 1. The van der Waals surface area contributed by atoms with Crippen molar-refractivity contribution in [3.05, 3.63) is 29.8 Å². The predicted octanol–water partition coefficient (Wildman–Crippen LogP) is 2.35. The van der Waals surface area contributed by atoms with Crippen molar-refractivity contribution in [2.75, 3.05) is 16.8 Å². The molecule has 0 saturated carbocycles. The molecule has 0 atom stereocenters. The van der Waals surface area contributed by atoms with Gasteiger partial charge in [0.1, 0.15) is 0 Å². The number of nitrogens with one attached hydrogen (secondary N) is 1. The first-order chi connectivity index (χ1) is 9.82. The van der Waals surface area contributed by atoms with Crippen molar-refractivity contribution in [3.8, 4) is 6.07 Å². The predicted molar refractivity (Wildman–Crippen MR) is 82.5 cm³/mol. The minimum Gasteiger partial charge on any atom is -0.326 e. The molecule has 0 fully saturated rings. The van der Waals surface area contributed by atoms with Crippen LogP contribution in [0.5, 0.6) is 0 Å². The molecule has 0 bridgehead atoms. The van der Waals surface area contributed by atoms with Gasteiger partial charge in [-0.25, -0.2) is 8.42 Å². The van der Waals surface area contributed by atoms with E-state index in [9.17, 15) is 13.2 Å². The van der Waals surface area contributed by atoms with Crippen LogP contribution >= 0.6 is 0 Å². The average Bonchev–Trinajstić information content (AvgIpc) is 2.37. The first-order valence-corrected chi connectivity index (χ1v) is 8.65. The number of benzene rings is 1. The van der Waals surface area contributed by atoms with E-state index in [1.165, 1.54) is 0 Å². The first kappa shape index (κ1) is 17.2. The Bertz CT molecular complexity index is 613. The summed E-state index contributed by atoms with van der Waals surface area (Å²) in [6, 6.07) is 8.51. The maximum Gasteiger partial charge on any atom is 0.224 e. The largest absolute Gasteiger partial charge is 0.326 e. The molecule has 0 aromatic heterocycles. The molecule has 6 heteroatoms. The molecule has 0 heterocycles. The molecule has 0 spiro atoms. The Morgan fingerprint density at radius 3 is 2.43 bits per heavy atom. The Kier molecular flexibility index (Phi) is 6.38. The summed E-state index contributed by atoms with van der Waals surface area (Å²) in [5.41, 5.74) is 1.12. The van der Waals surface area contributed by atoms with Gasteiger partial charge in [-0.05, 0) is 36.6 Å². The SMILES string of the molecule is CC(C)CS(=O)(=O)CCCC(=O)Nc1ccc(C#N)cc1. The number of nitriles is 1. The number of amides is 1. The van der Waals surface area contributed by atoms with E-state index in [2.05, 4.69) is 5.32 Å². The summed E-state index contributed by atoms with van der Waals surface area (Å²) in [6.45, 7) is 3.71. The topological polar surface area (TPSA) is 87.0 Å². The van der Waals surface area contributed by atoms with Gasteiger partial charge in [-0.2, -0.15) is 5.26 Å². The van der Waals surface area contributed by atoms with Gasteiger partial charge in [0, 0.05) is 12.1 Å². The normalized spacial score (nSPS) is 11.1. The smallest absolute Gasteiger partial charge is 0.224 e. The lowest BCUT2D eigenvalue weighted by Gasteiger charge is -2.07. The van der Waals surface area contributed by atoms with E-state index >= 15 is 0 Å². The van der Waals surface area contributed by atoms with E-state index in [0.717, 1.165) is 0 Å². The Labute approximate surface area is 125 Å². The zero-order valence-electron chi connectivity index (χ0n) is 12.3. The van der Waals surface area contributed by atoms with Crippen LogP contribution in [-0.4, -0.2) is 25.8 Å². The second-order valence-corrected chi connectivity index (χ2v) is 7.58. The highest BCUT2D eigenvalue weighted by Crippen LogP contribution is 2.10. The lowest BCUT2D eigenvalue weighted by atomic mass is 10.2. The molecule has 114 valence electrons. The molecule has 1 rings (SSSR count). The highest BCUT2D eigenvalue weighted by atomic mass is 32.2. The third kappa shape index (κ3) is 6.91. The van der Waals surface area contributed by atoms with Gasteiger partial charge < -0.3 is 5.32 Å². The number of carbonyl (C=O) groups is 1. The van der Waals surface area contributed by atoms with Crippen LogP contribution in [0, 0.1) is 17.2 Å². The Hall–Kier alpha value is -1.87. The van der Waals surface area contributed by atoms with Crippen LogP contribution in [0.4, 0.5) is 5.69 Å². The minimum atomic E-state index is -3.07. The van der Waals surface area contributed by atoms with Crippen molar-refractivity contribution >= 4 is 21.4 Å². The summed E-state index contributed by atoms with van der Waals surface area (Å²) in [5.74, 6) is 0.0675. The van der Waals surface area contributed by atoms with Crippen molar-refractivity contribution in [2.24, 2.45) is 5.92 Å². The Balaban J connectivity index is 2.39. The highest BCUT2D eigenvalue weighted by Gasteiger charge is 2.13. The standard InChI is InChI=1S/C15H20N2O3S/c1-12(2)11-21(19,20)9-3-4-15(18)17-14-7-5-13(10-16)6-8-14/h5-8,12H,3-4,9,11H2,1-2H3,(H,17,18). The molecule has 21 heavy (non-hydrogen) atoms. The monoisotopic (exact) mass is 308 g/mol. The van der Waals surface area contributed by atoms with Crippen molar-refractivity contribution in [3.63, 3.8) is 0 Å². The van der Waals surface area contributed by atoms with Crippen LogP contribution in [0.15, 0.2) is 24.3 Å². The zero-order valence-corrected chi connectivity index (χ0v) is 13.1. The van der Waals surface area contributed by atoms with E-state index in [1.807, 2.05) is 19.9 Å². The van der Waals surface area contributed by atoms with Crippen LogP contribution in [0.2, 0.25) is 0 Å². The Morgan fingerprint density at radius 1 is 1.29 bits per heavy atom. The molecule has 1 N–H and O–H groups in total. The van der Waals surface area contributed by atoms with Crippen LogP contribution in [0.25, 0.3) is 0 Å². The quantitative estimate of drug-likeness (QED) is 0.837. The van der Waals surface area contributed by atoms with Crippen molar-refractivity contribution in [1.29, 1.82) is 5.26 Å². The second kappa shape index (κ2) is 7.79. The van der Waals surface area contributed by atoms with Crippen LogP contribution < -0.4 is 5.32 Å². The summed E-state index contributed by atoms with van der Waals surface area (Å²) in [7, 11) is -3.07. The fourth-order valence-electron chi connectivity index (χ4n) is 1.90. The highest BCUT2D eigenvalue weighted by molar-refractivity contribution is 7.91. The number of nitrogens with zero attached hydrogens (tertiary/aromatic N) is 1. The van der Waals surface area contributed by atoms with E-state index in [1.54, 1.807) is 24.3 Å². The lowest BCUT2D eigenvalue weighted by Crippen LogP contribution is -2.18. The molecule has 1 amide bonds. The lowest BCUT2D eigenvalue weighted by molar-refractivity contribution is -0.116. The minimum absolute atomic E-state index is 0.0337. The van der Waals surface area contributed by atoms with Gasteiger partial charge in [-0.3, -0.25) is 4.79 Å². The second-order valence-electron chi connectivity index (χ2n) is 5.35. The molecule has 0 aliphatic rings. The number of rotatable bonds is 7. The van der Waals surface area contributed by atoms with Gasteiger partial charge in [0.05, 0.1) is 23.1 Å². The van der Waals surface area contributed by atoms with Gasteiger partial charge in [0.2, 0.25) is 5.91 Å². The van der Waals surface area contributed by atoms with Crippen molar-refractivity contribution in [1.82, 2.24) is 0 Å². The third-order valence-electron chi connectivity index (χ3n) is 2.74. The van der Waals surface area contributed by atoms with Crippen LogP contribution in [0.1, 0.15) is 32.3 Å². The molecule has 1 aromatic carbocycles. The van der Waals surface area contributed by atoms with Crippen LogP contribution in [0.3, 0.4) is 0 Å². The molecule has 0 radical (unpaired) electrons. The zero-order chi connectivity index (χ0) is 15.9. The molecule has 0 saturated heterocycles. The van der Waals surface area contributed by atoms with E-state index in [-0.39, 0.29) is 29.8 Å². The number of sulfone groups is 1. The average molecular weight is 308 g/mol. The molecular weight excluding hydrogens is 288 g/mol. The fraction of sp³-hybridized carbons (Fsp3) is 0.467. The van der Waals surface area contributed by atoms with Gasteiger partial charge in [-0.1, -0.05) is 13.8 Å². The summed E-state index contributed by atoms with van der Waals surface area (Å²) < 4.78 is 23.4. The molecular formula is C15H20N2O3S. The third-order valence-corrected chi connectivity index (χ3v) is 4.83. The van der Waals surface area contributed by atoms with Gasteiger partial charge >= 0.3 is 0 Å². The summed E-state index contributed by atoms with van der Waals surface area (Å²) in [4.78, 5) is 11.7. The summed E-state index contributed by atoms with van der Waals surface area (Å²) >= 11 is 0. The molecule has 0 unspecified atom stereocenters. The summed E-state index contributed by atoms with van der Waals surface area (Å²) in [5, 5.41) is 11.3. The maximum absolute atomic E-state index is 11.7.